The van der Waals surface area contributed by atoms with E-state index in [1.54, 1.807) is 11.8 Å². The molecule has 0 aliphatic rings. The molecule has 0 saturated carbocycles. The molecule has 0 unspecified atom stereocenters. The van der Waals surface area contributed by atoms with Crippen LogP contribution in [0.3, 0.4) is 0 Å². The Labute approximate surface area is 109 Å². The fourth-order valence-electron chi connectivity index (χ4n) is 1.28. The maximum atomic E-state index is 5.89. The zero-order valence-corrected chi connectivity index (χ0v) is 10.7. The molecular weight excluding hydrogens is 258 g/mol. The Morgan fingerprint density at radius 2 is 2.29 bits per heavy atom. The second-order valence-electron chi connectivity index (χ2n) is 3.39. The molecule has 0 atom stereocenters. The third kappa shape index (κ3) is 3.73. The number of hydrogen-bond donors (Lipinski definition) is 1. The topological polar surface area (TPSA) is 64.9 Å². The minimum absolute atomic E-state index is 0.517. The van der Waals surface area contributed by atoms with Crippen LogP contribution >= 0.6 is 23.4 Å². The zero-order valence-electron chi connectivity index (χ0n) is 9.10. The van der Waals surface area contributed by atoms with Crippen LogP contribution in [-0.2, 0) is 12.2 Å². The van der Waals surface area contributed by atoms with E-state index >= 15 is 0 Å². The van der Waals surface area contributed by atoms with Gasteiger partial charge in [-0.1, -0.05) is 22.8 Å². The van der Waals surface area contributed by atoms with E-state index in [4.69, 9.17) is 21.9 Å². The Morgan fingerprint density at radius 3 is 3.06 bits per heavy atom. The molecule has 1 aromatic heterocycles. The first-order chi connectivity index (χ1) is 8.28. The van der Waals surface area contributed by atoms with Crippen LogP contribution in [-0.4, -0.2) is 16.7 Å². The molecule has 0 radical (unpaired) electrons. The Hall–Kier alpha value is -1.04. The summed E-state index contributed by atoms with van der Waals surface area (Å²) in [4.78, 5) is 5.31. The summed E-state index contributed by atoms with van der Waals surface area (Å²) in [5.74, 6) is 1.93. The van der Waals surface area contributed by atoms with Crippen molar-refractivity contribution in [2.75, 3.05) is 6.54 Å². The highest BCUT2D eigenvalue weighted by molar-refractivity contribution is 7.98. The molecule has 2 rings (SSSR count). The van der Waals surface area contributed by atoms with Crippen molar-refractivity contribution in [1.82, 2.24) is 10.1 Å². The molecule has 90 valence electrons. The molecule has 0 spiro atoms. The number of hydrogen-bond acceptors (Lipinski definition) is 5. The van der Waals surface area contributed by atoms with Crippen molar-refractivity contribution in [1.29, 1.82) is 0 Å². The molecule has 0 amide bonds. The van der Waals surface area contributed by atoms with Gasteiger partial charge < -0.3 is 10.3 Å². The molecule has 1 heterocycles. The summed E-state index contributed by atoms with van der Waals surface area (Å²) < 4.78 is 5.04. The zero-order chi connectivity index (χ0) is 12.1. The SMILES string of the molecule is NCCc1nc(CSc2cccc(Cl)c2)no1. The fraction of sp³-hybridized carbons (Fsp3) is 0.273. The summed E-state index contributed by atoms with van der Waals surface area (Å²) in [5, 5.41) is 4.61. The summed E-state index contributed by atoms with van der Waals surface area (Å²) in [5.41, 5.74) is 5.40. The predicted molar refractivity (Wildman–Crippen MR) is 68.1 cm³/mol. The van der Waals surface area contributed by atoms with Gasteiger partial charge in [0.25, 0.3) is 0 Å². The van der Waals surface area contributed by atoms with Gasteiger partial charge in [-0.05, 0) is 18.2 Å². The van der Waals surface area contributed by atoms with E-state index in [9.17, 15) is 0 Å². The van der Waals surface area contributed by atoms with Gasteiger partial charge in [0.1, 0.15) is 0 Å². The Balaban J connectivity index is 1.93. The van der Waals surface area contributed by atoms with Gasteiger partial charge in [0, 0.05) is 22.9 Å². The number of thioether (sulfide) groups is 1. The standard InChI is InChI=1S/C11H12ClN3OS/c12-8-2-1-3-9(6-8)17-7-10-14-11(4-5-13)16-15-10/h1-3,6H,4-5,7,13H2. The van der Waals surface area contributed by atoms with Crippen LogP contribution in [0.15, 0.2) is 33.7 Å². The summed E-state index contributed by atoms with van der Waals surface area (Å²) in [7, 11) is 0. The van der Waals surface area contributed by atoms with Gasteiger partial charge in [-0.3, -0.25) is 0 Å². The third-order valence-corrected chi connectivity index (χ3v) is 3.26. The lowest BCUT2D eigenvalue weighted by Crippen LogP contribution is -2.02. The first-order valence-corrected chi connectivity index (χ1v) is 6.54. The highest BCUT2D eigenvalue weighted by atomic mass is 35.5. The van der Waals surface area contributed by atoms with E-state index in [1.807, 2.05) is 24.3 Å². The Kier molecular flexibility index (Phi) is 4.42. The van der Waals surface area contributed by atoms with Gasteiger partial charge in [-0.25, -0.2) is 0 Å². The van der Waals surface area contributed by atoms with Crippen molar-refractivity contribution in [3.05, 3.63) is 41.0 Å². The Morgan fingerprint density at radius 1 is 1.41 bits per heavy atom. The van der Waals surface area contributed by atoms with Gasteiger partial charge in [-0.2, -0.15) is 4.98 Å². The number of nitrogens with two attached hydrogens (primary N) is 1. The van der Waals surface area contributed by atoms with Crippen molar-refractivity contribution in [2.45, 2.75) is 17.1 Å². The molecule has 4 nitrogen and oxygen atoms in total. The molecular formula is C11H12ClN3OS. The highest BCUT2D eigenvalue weighted by Gasteiger charge is 2.06. The highest BCUT2D eigenvalue weighted by Crippen LogP contribution is 2.24. The molecule has 0 aliphatic heterocycles. The van der Waals surface area contributed by atoms with Crippen LogP contribution in [0.5, 0.6) is 0 Å². The van der Waals surface area contributed by atoms with Crippen LogP contribution in [0.2, 0.25) is 5.02 Å². The summed E-state index contributed by atoms with van der Waals surface area (Å²) in [6.45, 7) is 0.517. The summed E-state index contributed by atoms with van der Waals surface area (Å²) >= 11 is 7.51. The number of halogens is 1. The van der Waals surface area contributed by atoms with Crippen molar-refractivity contribution in [3.8, 4) is 0 Å². The van der Waals surface area contributed by atoms with E-state index in [2.05, 4.69) is 10.1 Å². The lowest BCUT2D eigenvalue weighted by Gasteiger charge is -1.98. The van der Waals surface area contributed by atoms with Gasteiger partial charge >= 0.3 is 0 Å². The molecule has 0 aliphatic carbocycles. The maximum absolute atomic E-state index is 5.89. The molecule has 6 heteroatoms. The number of benzene rings is 1. The van der Waals surface area contributed by atoms with Crippen molar-refractivity contribution in [3.63, 3.8) is 0 Å². The Bertz CT molecular complexity index is 489. The van der Waals surface area contributed by atoms with Gasteiger partial charge in [-0.15, -0.1) is 11.8 Å². The lowest BCUT2D eigenvalue weighted by atomic mass is 10.4. The first kappa shape index (κ1) is 12.4. The average Bonchev–Trinajstić information content (AvgIpc) is 2.75. The van der Waals surface area contributed by atoms with Crippen LogP contribution < -0.4 is 5.73 Å². The van der Waals surface area contributed by atoms with E-state index in [0.29, 0.717) is 30.4 Å². The van der Waals surface area contributed by atoms with Crippen molar-refractivity contribution >= 4 is 23.4 Å². The molecule has 2 aromatic rings. The summed E-state index contributed by atoms with van der Waals surface area (Å²) in [6.07, 6.45) is 0.620. The average molecular weight is 270 g/mol. The van der Waals surface area contributed by atoms with Gasteiger partial charge in [0.2, 0.25) is 5.89 Å². The molecule has 0 bridgehead atoms. The van der Waals surface area contributed by atoms with E-state index in [0.717, 1.165) is 9.92 Å². The number of nitrogens with zero attached hydrogens (tertiary/aromatic N) is 2. The van der Waals surface area contributed by atoms with Crippen LogP contribution in [0.1, 0.15) is 11.7 Å². The fourth-order valence-corrected chi connectivity index (χ4v) is 2.33. The van der Waals surface area contributed by atoms with Crippen LogP contribution in [0, 0.1) is 0 Å². The van der Waals surface area contributed by atoms with Crippen molar-refractivity contribution in [2.24, 2.45) is 5.73 Å². The minimum atomic E-state index is 0.517. The lowest BCUT2D eigenvalue weighted by molar-refractivity contribution is 0.376. The smallest absolute Gasteiger partial charge is 0.227 e. The minimum Gasteiger partial charge on any atom is -0.339 e. The quantitative estimate of drug-likeness (QED) is 0.845. The number of aromatic nitrogens is 2. The van der Waals surface area contributed by atoms with Crippen LogP contribution in [0.25, 0.3) is 0 Å². The maximum Gasteiger partial charge on any atom is 0.227 e. The van der Waals surface area contributed by atoms with E-state index < -0.39 is 0 Å². The number of rotatable bonds is 5. The molecule has 1 aromatic carbocycles. The second kappa shape index (κ2) is 6.05. The van der Waals surface area contributed by atoms with E-state index in [-0.39, 0.29) is 0 Å². The van der Waals surface area contributed by atoms with E-state index in [1.165, 1.54) is 0 Å². The third-order valence-electron chi connectivity index (χ3n) is 2.03. The summed E-state index contributed by atoms with van der Waals surface area (Å²) in [6, 6.07) is 7.67. The van der Waals surface area contributed by atoms with Gasteiger partial charge in [0.05, 0.1) is 5.75 Å². The molecule has 0 saturated heterocycles. The van der Waals surface area contributed by atoms with Gasteiger partial charge in [0.15, 0.2) is 5.82 Å². The van der Waals surface area contributed by atoms with Crippen molar-refractivity contribution < 1.29 is 4.52 Å². The normalized spacial score (nSPS) is 10.7. The predicted octanol–water partition coefficient (Wildman–Crippen LogP) is 2.52. The first-order valence-electron chi connectivity index (χ1n) is 5.18. The van der Waals surface area contributed by atoms with Crippen LogP contribution in [0.4, 0.5) is 0 Å². The largest absolute Gasteiger partial charge is 0.339 e. The molecule has 2 N–H and O–H groups in total. The molecule has 17 heavy (non-hydrogen) atoms. The second-order valence-corrected chi connectivity index (χ2v) is 4.87. The molecule has 0 fully saturated rings. The monoisotopic (exact) mass is 269 g/mol.